The van der Waals surface area contributed by atoms with Crippen molar-refractivity contribution in [2.24, 2.45) is 5.92 Å². The first-order valence-corrected chi connectivity index (χ1v) is 16.5. The summed E-state index contributed by atoms with van der Waals surface area (Å²) >= 11 is 0. The van der Waals surface area contributed by atoms with Gasteiger partial charge >= 0.3 is 0 Å². The SMILES string of the molecule is C=CC(=O)Nc1cc(Nc2cc(N3OCC[C@@H]3c3cc(F)cc(F)c3)ncn2)c(OC)cc1N1CCC(N2CC[C@@H](CN(C)C)C2)CC1. The first-order valence-electron chi connectivity index (χ1n) is 16.5. The second-order valence-electron chi connectivity index (χ2n) is 12.9. The maximum Gasteiger partial charge on any atom is 0.247 e. The number of hydrogen-bond acceptors (Lipinski definition) is 10. The van der Waals surface area contributed by atoms with E-state index in [2.05, 4.69) is 56.0 Å². The highest BCUT2D eigenvalue weighted by Gasteiger charge is 2.33. The molecule has 3 aromatic rings. The number of halogens is 2. The molecule has 48 heavy (non-hydrogen) atoms. The Hall–Kier alpha value is -4.33. The molecule has 0 spiro atoms. The Kier molecular flexibility index (Phi) is 10.4. The molecule has 0 bridgehead atoms. The number of methoxy groups -OCH3 is 1. The Labute approximate surface area is 280 Å². The van der Waals surface area contributed by atoms with Gasteiger partial charge in [0, 0.05) is 56.8 Å². The Bertz CT molecular complexity index is 1600. The number of rotatable bonds is 11. The van der Waals surface area contributed by atoms with Gasteiger partial charge < -0.3 is 25.2 Å². The summed E-state index contributed by atoms with van der Waals surface area (Å²) in [5, 5.41) is 7.83. The third-order valence-corrected chi connectivity index (χ3v) is 9.34. The van der Waals surface area contributed by atoms with Crippen LogP contribution < -0.4 is 25.3 Å². The van der Waals surface area contributed by atoms with Gasteiger partial charge in [-0.2, -0.15) is 0 Å². The fraction of sp³-hybridized carbons (Fsp3) is 0.457. The zero-order valence-corrected chi connectivity index (χ0v) is 27.8. The van der Waals surface area contributed by atoms with E-state index in [4.69, 9.17) is 9.57 Å². The number of likely N-dealkylation sites (tertiary alicyclic amines) is 1. The molecule has 2 N–H and O–H groups in total. The number of amides is 1. The molecule has 0 unspecified atom stereocenters. The average Bonchev–Trinajstić information content (AvgIpc) is 3.75. The highest BCUT2D eigenvalue weighted by Crippen LogP contribution is 2.41. The summed E-state index contributed by atoms with van der Waals surface area (Å²) in [7, 11) is 5.88. The maximum absolute atomic E-state index is 14.0. The molecular formula is C35H44F2N8O3. The lowest BCUT2D eigenvalue weighted by atomic mass is 10.0. The van der Waals surface area contributed by atoms with E-state index in [1.54, 1.807) is 18.2 Å². The summed E-state index contributed by atoms with van der Waals surface area (Å²) in [4.78, 5) is 34.4. The van der Waals surface area contributed by atoms with E-state index < -0.39 is 17.7 Å². The lowest BCUT2D eigenvalue weighted by Gasteiger charge is -2.39. The summed E-state index contributed by atoms with van der Waals surface area (Å²) in [6.07, 6.45) is 6.49. The minimum absolute atomic E-state index is 0.318. The fourth-order valence-electron chi connectivity index (χ4n) is 7.15. The number of piperidine rings is 1. The van der Waals surface area contributed by atoms with Crippen molar-refractivity contribution in [2.45, 2.75) is 37.8 Å². The molecule has 0 radical (unpaired) electrons. The first kappa shape index (κ1) is 33.6. The van der Waals surface area contributed by atoms with E-state index in [9.17, 15) is 13.6 Å². The number of carbonyl (C=O) groups is 1. The van der Waals surface area contributed by atoms with Crippen LogP contribution in [0.1, 0.15) is 37.3 Å². The van der Waals surface area contributed by atoms with E-state index >= 15 is 0 Å². The molecule has 2 atom stereocenters. The molecule has 0 aliphatic carbocycles. The predicted octanol–water partition coefficient (Wildman–Crippen LogP) is 5.37. The number of hydroxylamine groups is 1. The van der Waals surface area contributed by atoms with Crippen molar-refractivity contribution in [1.29, 1.82) is 0 Å². The molecule has 3 aliphatic rings. The number of benzene rings is 2. The van der Waals surface area contributed by atoms with Gasteiger partial charge in [0.2, 0.25) is 5.91 Å². The van der Waals surface area contributed by atoms with Crippen LogP contribution in [-0.2, 0) is 9.63 Å². The van der Waals surface area contributed by atoms with Crippen LogP contribution in [0.3, 0.4) is 0 Å². The van der Waals surface area contributed by atoms with Gasteiger partial charge in [0.05, 0.1) is 36.8 Å². The van der Waals surface area contributed by atoms with Crippen LogP contribution in [0, 0.1) is 17.6 Å². The molecule has 4 heterocycles. The van der Waals surface area contributed by atoms with Gasteiger partial charge in [-0.25, -0.2) is 23.8 Å². The van der Waals surface area contributed by atoms with Gasteiger partial charge in [-0.1, -0.05) is 6.58 Å². The molecule has 2 aromatic carbocycles. The molecule has 3 fully saturated rings. The van der Waals surface area contributed by atoms with Gasteiger partial charge in [0.15, 0.2) is 5.82 Å². The molecule has 1 aromatic heterocycles. The van der Waals surface area contributed by atoms with Crippen LogP contribution in [-0.4, -0.2) is 92.3 Å². The van der Waals surface area contributed by atoms with Crippen molar-refractivity contribution in [3.8, 4) is 5.75 Å². The minimum Gasteiger partial charge on any atom is -0.494 e. The summed E-state index contributed by atoms with van der Waals surface area (Å²) in [6, 6.07) is 9.03. The maximum atomic E-state index is 14.0. The second kappa shape index (κ2) is 14.8. The van der Waals surface area contributed by atoms with Crippen LogP contribution in [0.15, 0.2) is 55.4 Å². The van der Waals surface area contributed by atoms with Gasteiger partial charge in [-0.3, -0.25) is 14.5 Å². The topological polar surface area (TPSA) is 98.3 Å². The van der Waals surface area contributed by atoms with Crippen LogP contribution in [0.4, 0.5) is 37.5 Å². The van der Waals surface area contributed by atoms with Gasteiger partial charge in [0.1, 0.15) is 29.5 Å². The highest BCUT2D eigenvalue weighted by molar-refractivity contribution is 6.02. The van der Waals surface area contributed by atoms with E-state index in [-0.39, 0.29) is 5.91 Å². The third-order valence-electron chi connectivity index (χ3n) is 9.34. The van der Waals surface area contributed by atoms with Crippen molar-refractivity contribution < 1.29 is 23.1 Å². The number of hydrogen-bond donors (Lipinski definition) is 2. The molecule has 3 saturated heterocycles. The molecule has 0 saturated carbocycles. The fourth-order valence-corrected chi connectivity index (χ4v) is 7.15. The largest absolute Gasteiger partial charge is 0.494 e. The Balaban J connectivity index is 1.20. The molecule has 13 heteroatoms. The van der Waals surface area contributed by atoms with Crippen molar-refractivity contribution in [2.75, 3.05) is 81.1 Å². The average molecular weight is 663 g/mol. The van der Waals surface area contributed by atoms with Crippen LogP contribution in [0.5, 0.6) is 5.75 Å². The summed E-state index contributed by atoms with van der Waals surface area (Å²) in [5.74, 6) is 0.525. The van der Waals surface area contributed by atoms with Gasteiger partial charge in [-0.05, 0) is 75.7 Å². The Morgan fingerprint density at radius 1 is 1.04 bits per heavy atom. The van der Waals surface area contributed by atoms with Crippen LogP contribution in [0.2, 0.25) is 0 Å². The monoisotopic (exact) mass is 662 g/mol. The molecule has 11 nitrogen and oxygen atoms in total. The summed E-state index contributed by atoms with van der Waals surface area (Å²) in [6.45, 7) is 9.14. The zero-order chi connectivity index (χ0) is 33.8. The second-order valence-corrected chi connectivity index (χ2v) is 12.9. The minimum atomic E-state index is -0.651. The molecule has 1 amide bonds. The van der Waals surface area contributed by atoms with E-state index in [1.165, 1.54) is 31.0 Å². The summed E-state index contributed by atoms with van der Waals surface area (Å²) < 4.78 is 33.9. The van der Waals surface area contributed by atoms with Crippen molar-refractivity contribution >= 4 is 34.6 Å². The number of nitrogens with one attached hydrogen (secondary N) is 2. The zero-order valence-electron chi connectivity index (χ0n) is 27.8. The summed E-state index contributed by atoms with van der Waals surface area (Å²) in [5.41, 5.74) is 2.53. The van der Waals surface area contributed by atoms with Gasteiger partial charge in [0.25, 0.3) is 0 Å². The van der Waals surface area contributed by atoms with E-state index in [1.807, 2.05) is 12.1 Å². The number of anilines is 5. The standard InChI is InChI=1S/C35H44F2N8O3/c1-5-35(46)41-28-17-29(32(47-4)18-31(28)43-11-7-27(8-12-43)44-10-6-23(21-44)20-42(2)3)40-33-19-34(39-22-38-33)45-30(9-13-48-45)24-14-25(36)16-26(37)15-24/h5,14-19,22-23,27,30H,1,6-13,20-21H2,2-4H3,(H,41,46)(H,38,39,40)/t23-,30+/m0/s1. The Morgan fingerprint density at radius 2 is 1.81 bits per heavy atom. The number of aromatic nitrogens is 2. The molecule has 256 valence electrons. The smallest absolute Gasteiger partial charge is 0.247 e. The van der Waals surface area contributed by atoms with Crippen molar-refractivity contribution in [3.63, 3.8) is 0 Å². The van der Waals surface area contributed by atoms with E-state index in [0.29, 0.717) is 53.4 Å². The highest BCUT2D eigenvalue weighted by atomic mass is 19.1. The van der Waals surface area contributed by atoms with Crippen molar-refractivity contribution in [3.05, 3.63) is 72.6 Å². The normalized spacial score (nSPS) is 20.4. The van der Waals surface area contributed by atoms with Crippen molar-refractivity contribution in [1.82, 2.24) is 19.8 Å². The lowest BCUT2D eigenvalue weighted by molar-refractivity contribution is -0.111. The molecular weight excluding hydrogens is 618 g/mol. The van der Waals surface area contributed by atoms with Gasteiger partial charge in [-0.15, -0.1) is 0 Å². The molecule has 6 rings (SSSR count). The number of carbonyl (C=O) groups excluding carboxylic acids is 1. The van der Waals surface area contributed by atoms with Crippen LogP contribution >= 0.6 is 0 Å². The number of nitrogens with zero attached hydrogens (tertiary/aromatic N) is 6. The number of ether oxygens (including phenoxy) is 1. The lowest BCUT2D eigenvalue weighted by Crippen LogP contribution is -2.44. The predicted molar refractivity (Wildman–Crippen MR) is 183 cm³/mol. The van der Waals surface area contributed by atoms with Crippen LogP contribution in [0.25, 0.3) is 0 Å². The third kappa shape index (κ3) is 7.69. The molecule has 3 aliphatic heterocycles. The quantitative estimate of drug-likeness (QED) is 0.261. The van der Waals surface area contributed by atoms with E-state index in [0.717, 1.165) is 63.2 Å². The first-order chi connectivity index (χ1) is 23.2. The Morgan fingerprint density at radius 3 is 2.52 bits per heavy atom.